The first kappa shape index (κ1) is 12.0. The maximum Gasteiger partial charge on any atom is 0.00983 e. The van der Waals surface area contributed by atoms with E-state index >= 15 is 0 Å². The summed E-state index contributed by atoms with van der Waals surface area (Å²) in [7, 11) is 0. The molecular formula is C16H29N. The number of hydrogen-bond acceptors (Lipinski definition) is 1. The lowest BCUT2D eigenvalue weighted by atomic mass is 9.67. The molecule has 2 bridgehead atoms. The lowest BCUT2D eigenvalue weighted by Gasteiger charge is -2.40. The smallest absolute Gasteiger partial charge is 0.00983 e. The van der Waals surface area contributed by atoms with Gasteiger partial charge in [0, 0.05) is 6.04 Å². The molecule has 4 unspecified atom stereocenters. The molecule has 98 valence electrons. The van der Waals surface area contributed by atoms with E-state index in [0.717, 1.165) is 23.7 Å². The average molecular weight is 235 g/mol. The van der Waals surface area contributed by atoms with Crippen LogP contribution in [0.1, 0.15) is 65.2 Å². The van der Waals surface area contributed by atoms with Gasteiger partial charge >= 0.3 is 0 Å². The molecule has 0 heterocycles. The summed E-state index contributed by atoms with van der Waals surface area (Å²) in [6.45, 7) is 4.85. The zero-order valence-corrected chi connectivity index (χ0v) is 11.6. The minimum atomic E-state index is 0.529. The second-order valence-electron chi connectivity index (χ2n) is 7.92. The molecule has 0 aromatic rings. The highest BCUT2D eigenvalue weighted by atomic mass is 14.7. The first-order chi connectivity index (χ1) is 8.05. The molecular weight excluding hydrogens is 206 g/mol. The van der Waals surface area contributed by atoms with E-state index in [0.29, 0.717) is 11.5 Å². The summed E-state index contributed by atoms with van der Waals surface area (Å²) in [5, 5.41) is 0. The fourth-order valence-corrected chi connectivity index (χ4v) is 4.92. The SMILES string of the molecule is CC1(C)CCC(C(N)C2CC3CCC2C3)CC1. The van der Waals surface area contributed by atoms with Crippen molar-refractivity contribution in [1.29, 1.82) is 0 Å². The van der Waals surface area contributed by atoms with Gasteiger partial charge in [0.15, 0.2) is 0 Å². The Labute approximate surface area is 107 Å². The molecule has 3 fully saturated rings. The Balaban J connectivity index is 1.58. The normalized spacial score (nSPS) is 42.9. The van der Waals surface area contributed by atoms with Gasteiger partial charge in [-0.05, 0) is 74.0 Å². The molecule has 3 saturated carbocycles. The van der Waals surface area contributed by atoms with Gasteiger partial charge in [-0.15, -0.1) is 0 Å². The molecule has 3 rings (SSSR count). The zero-order valence-electron chi connectivity index (χ0n) is 11.6. The molecule has 0 radical (unpaired) electrons. The van der Waals surface area contributed by atoms with Crippen molar-refractivity contribution < 1.29 is 0 Å². The van der Waals surface area contributed by atoms with E-state index in [-0.39, 0.29) is 0 Å². The van der Waals surface area contributed by atoms with Crippen LogP contribution < -0.4 is 5.73 Å². The van der Waals surface area contributed by atoms with Crippen LogP contribution in [0, 0.1) is 29.1 Å². The Kier molecular flexibility index (Phi) is 3.01. The van der Waals surface area contributed by atoms with Crippen LogP contribution in [-0.2, 0) is 0 Å². The van der Waals surface area contributed by atoms with Gasteiger partial charge in [0.05, 0.1) is 0 Å². The molecule has 0 aromatic heterocycles. The lowest BCUT2D eigenvalue weighted by Crippen LogP contribution is -2.42. The third-order valence-electron chi connectivity index (χ3n) is 6.22. The van der Waals surface area contributed by atoms with E-state index in [4.69, 9.17) is 5.73 Å². The number of rotatable bonds is 2. The van der Waals surface area contributed by atoms with Crippen LogP contribution in [0.2, 0.25) is 0 Å². The second-order valence-corrected chi connectivity index (χ2v) is 7.92. The van der Waals surface area contributed by atoms with E-state index in [1.165, 1.54) is 51.4 Å². The van der Waals surface area contributed by atoms with Crippen LogP contribution in [0.25, 0.3) is 0 Å². The molecule has 0 spiro atoms. The van der Waals surface area contributed by atoms with Crippen LogP contribution in [-0.4, -0.2) is 6.04 Å². The standard InChI is InChI=1S/C16H29N/c1-16(2)7-5-12(6-8-16)15(17)14-10-11-3-4-13(14)9-11/h11-15H,3-10,17H2,1-2H3. The van der Waals surface area contributed by atoms with Gasteiger partial charge in [-0.1, -0.05) is 20.3 Å². The van der Waals surface area contributed by atoms with Crippen LogP contribution in [0.5, 0.6) is 0 Å². The molecule has 0 saturated heterocycles. The Hall–Kier alpha value is -0.0400. The Morgan fingerprint density at radius 3 is 2.24 bits per heavy atom. The van der Waals surface area contributed by atoms with Crippen LogP contribution >= 0.6 is 0 Å². The summed E-state index contributed by atoms with van der Waals surface area (Å²) in [4.78, 5) is 0. The van der Waals surface area contributed by atoms with Gasteiger partial charge in [0.2, 0.25) is 0 Å². The minimum absolute atomic E-state index is 0.529. The van der Waals surface area contributed by atoms with E-state index in [1.807, 2.05) is 0 Å². The summed E-state index contributed by atoms with van der Waals surface area (Å²) in [6.07, 6.45) is 11.5. The van der Waals surface area contributed by atoms with E-state index in [9.17, 15) is 0 Å². The minimum Gasteiger partial charge on any atom is -0.327 e. The zero-order chi connectivity index (χ0) is 12.0. The van der Waals surface area contributed by atoms with Crippen molar-refractivity contribution in [2.45, 2.75) is 71.3 Å². The lowest BCUT2D eigenvalue weighted by molar-refractivity contribution is 0.134. The molecule has 0 amide bonds. The Bertz CT molecular complexity index is 273. The average Bonchev–Trinajstić information content (AvgIpc) is 2.89. The molecule has 17 heavy (non-hydrogen) atoms. The van der Waals surface area contributed by atoms with Crippen molar-refractivity contribution in [3.8, 4) is 0 Å². The van der Waals surface area contributed by atoms with Crippen molar-refractivity contribution >= 4 is 0 Å². The van der Waals surface area contributed by atoms with Crippen molar-refractivity contribution in [2.75, 3.05) is 0 Å². The van der Waals surface area contributed by atoms with Crippen molar-refractivity contribution in [3.05, 3.63) is 0 Å². The Morgan fingerprint density at radius 2 is 1.71 bits per heavy atom. The monoisotopic (exact) mass is 235 g/mol. The fraction of sp³-hybridized carbons (Fsp3) is 1.00. The molecule has 1 heteroatoms. The largest absolute Gasteiger partial charge is 0.327 e. The summed E-state index contributed by atoms with van der Waals surface area (Å²) in [6, 6.07) is 0.529. The maximum atomic E-state index is 6.63. The van der Waals surface area contributed by atoms with E-state index in [2.05, 4.69) is 13.8 Å². The van der Waals surface area contributed by atoms with Gasteiger partial charge in [0.25, 0.3) is 0 Å². The van der Waals surface area contributed by atoms with Gasteiger partial charge in [-0.3, -0.25) is 0 Å². The highest BCUT2D eigenvalue weighted by Crippen LogP contribution is 2.51. The molecule has 2 N–H and O–H groups in total. The van der Waals surface area contributed by atoms with Crippen molar-refractivity contribution in [3.63, 3.8) is 0 Å². The molecule has 0 aliphatic heterocycles. The van der Waals surface area contributed by atoms with E-state index in [1.54, 1.807) is 0 Å². The highest BCUT2D eigenvalue weighted by Gasteiger charge is 2.44. The van der Waals surface area contributed by atoms with Gasteiger partial charge < -0.3 is 5.73 Å². The predicted octanol–water partition coefficient (Wildman–Crippen LogP) is 3.97. The van der Waals surface area contributed by atoms with Crippen molar-refractivity contribution in [2.24, 2.45) is 34.8 Å². The second kappa shape index (κ2) is 4.26. The third-order valence-corrected chi connectivity index (χ3v) is 6.22. The molecule has 3 aliphatic rings. The quantitative estimate of drug-likeness (QED) is 0.770. The number of nitrogens with two attached hydrogens (primary N) is 1. The first-order valence-corrected chi connectivity index (χ1v) is 7.81. The summed E-state index contributed by atoms with van der Waals surface area (Å²) in [5.74, 6) is 3.79. The molecule has 4 atom stereocenters. The Morgan fingerprint density at radius 1 is 1.00 bits per heavy atom. The summed E-state index contributed by atoms with van der Waals surface area (Å²) >= 11 is 0. The third kappa shape index (κ3) is 2.28. The number of hydrogen-bond donors (Lipinski definition) is 1. The fourth-order valence-electron chi connectivity index (χ4n) is 4.92. The predicted molar refractivity (Wildman–Crippen MR) is 72.7 cm³/mol. The molecule has 0 aromatic carbocycles. The van der Waals surface area contributed by atoms with Gasteiger partial charge in [-0.2, -0.15) is 0 Å². The summed E-state index contributed by atoms with van der Waals surface area (Å²) < 4.78 is 0. The highest BCUT2D eigenvalue weighted by molar-refractivity contribution is 4.97. The van der Waals surface area contributed by atoms with Gasteiger partial charge in [-0.25, -0.2) is 0 Å². The van der Waals surface area contributed by atoms with Crippen molar-refractivity contribution in [1.82, 2.24) is 0 Å². The topological polar surface area (TPSA) is 26.0 Å². The molecule has 3 aliphatic carbocycles. The van der Waals surface area contributed by atoms with Gasteiger partial charge in [0.1, 0.15) is 0 Å². The molecule has 1 nitrogen and oxygen atoms in total. The maximum absolute atomic E-state index is 6.63. The summed E-state index contributed by atoms with van der Waals surface area (Å²) in [5.41, 5.74) is 7.22. The van der Waals surface area contributed by atoms with E-state index < -0.39 is 0 Å². The number of fused-ring (bicyclic) bond motifs is 2. The van der Waals surface area contributed by atoms with Crippen LogP contribution in [0.15, 0.2) is 0 Å². The van der Waals surface area contributed by atoms with Crippen LogP contribution in [0.3, 0.4) is 0 Å². The van der Waals surface area contributed by atoms with Crippen LogP contribution in [0.4, 0.5) is 0 Å². The first-order valence-electron chi connectivity index (χ1n) is 7.81.